The van der Waals surface area contributed by atoms with Crippen molar-refractivity contribution < 1.29 is 19.1 Å². The predicted molar refractivity (Wildman–Crippen MR) is 198 cm³/mol. The van der Waals surface area contributed by atoms with Gasteiger partial charge < -0.3 is 25.6 Å². The fourth-order valence-electron chi connectivity index (χ4n) is 5.53. The molecule has 0 radical (unpaired) electrons. The van der Waals surface area contributed by atoms with E-state index in [9.17, 15) is 14.4 Å². The van der Waals surface area contributed by atoms with Crippen molar-refractivity contribution in [3.8, 4) is 0 Å². The van der Waals surface area contributed by atoms with Gasteiger partial charge in [0.05, 0.1) is 11.6 Å². The van der Waals surface area contributed by atoms with E-state index in [2.05, 4.69) is 39.8 Å². The summed E-state index contributed by atoms with van der Waals surface area (Å²) in [5, 5.41) is 10.3. The Morgan fingerprint density at radius 2 is 1.38 bits per heavy atom. The topological polar surface area (TPSA) is 126 Å². The third-order valence-corrected chi connectivity index (χ3v) is 9.59. The average molecular weight is 699 g/mol. The van der Waals surface area contributed by atoms with Crippen molar-refractivity contribution in [2.24, 2.45) is 5.92 Å². The summed E-state index contributed by atoms with van der Waals surface area (Å²) in [4.78, 5) is 51.2. The van der Waals surface area contributed by atoms with E-state index in [0.29, 0.717) is 38.1 Å². The van der Waals surface area contributed by atoms with Crippen LogP contribution in [0.2, 0.25) is 0 Å². The van der Waals surface area contributed by atoms with Crippen LogP contribution in [0.15, 0.2) is 91.4 Å². The Labute approximate surface area is 300 Å². The summed E-state index contributed by atoms with van der Waals surface area (Å²) in [7, 11) is 1.72. The molecule has 2 aromatic heterocycles. The van der Waals surface area contributed by atoms with E-state index < -0.39 is 12.1 Å². The number of hydrogen-bond donors (Lipinski definition) is 3. The number of carbonyl (C=O) groups excluding carboxylic acids is 3. The summed E-state index contributed by atoms with van der Waals surface area (Å²) in [5.74, 6) is -0.0740. The van der Waals surface area contributed by atoms with Gasteiger partial charge in [0.15, 0.2) is 0 Å². The lowest BCUT2D eigenvalue weighted by Crippen LogP contribution is -2.54. The number of hydrogen-bond acceptors (Lipinski definition) is 7. The maximum atomic E-state index is 13.9. The van der Waals surface area contributed by atoms with Crippen molar-refractivity contribution in [2.45, 2.75) is 90.6 Å². The van der Waals surface area contributed by atoms with Crippen LogP contribution in [0.3, 0.4) is 0 Å². The second-order valence-electron chi connectivity index (χ2n) is 13.3. The normalized spacial score (nSPS) is 12.9. The Bertz CT molecular complexity index is 1620. The molecule has 0 saturated carbocycles. The number of pyridine rings is 1. The highest BCUT2D eigenvalue weighted by Gasteiger charge is 2.28. The third-order valence-electron chi connectivity index (χ3n) is 8.31. The number of urea groups is 1. The molecule has 0 saturated heterocycles. The van der Waals surface area contributed by atoms with Crippen LogP contribution >= 0.6 is 11.3 Å². The zero-order valence-electron chi connectivity index (χ0n) is 29.7. The van der Waals surface area contributed by atoms with Gasteiger partial charge in [-0.3, -0.25) is 9.78 Å². The van der Waals surface area contributed by atoms with Crippen molar-refractivity contribution >= 4 is 29.4 Å². The maximum absolute atomic E-state index is 13.9. The lowest BCUT2D eigenvalue weighted by Gasteiger charge is -2.28. The lowest BCUT2D eigenvalue weighted by atomic mass is 9.95. The van der Waals surface area contributed by atoms with Gasteiger partial charge in [0, 0.05) is 54.1 Å². The van der Waals surface area contributed by atoms with Crippen LogP contribution in [0, 0.1) is 5.92 Å². The molecule has 266 valence electrons. The largest absolute Gasteiger partial charge is 0.445 e. The number of ether oxygens (including phenoxy) is 1. The number of rotatable bonds is 17. The first kappa shape index (κ1) is 38.0. The molecule has 4 aromatic rings. The van der Waals surface area contributed by atoms with Gasteiger partial charge in [-0.1, -0.05) is 94.4 Å². The van der Waals surface area contributed by atoms with Crippen molar-refractivity contribution in [3.63, 3.8) is 0 Å². The van der Waals surface area contributed by atoms with Crippen LogP contribution in [0.4, 0.5) is 9.59 Å². The van der Waals surface area contributed by atoms with Gasteiger partial charge in [0.2, 0.25) is 5.91 Å². The molecular weight excluding hydrogens is 649 g/mol. The predicted octanol–water partition coefficient (Wildman–Crippen LogP) is 6.87. The van der Waals surface area contributed by atoms with Gasteiger partial charge in [0.1, 0.15) is 12.6 Å². The highest BCUT2D eigenvalue weighted by atomic mass is 32.1. The molecule has 0 aliphatic carbocycles. The number of amides is 4. The average Bonchev–Trinajstić information content (AvgIpc) is 3.58. The number of nitrogens with zero attached hydrogens (tertiary/aromatic N) is 3. The Morgan fingerprint density at radius 1 is 0.780 bits per heavy atom. The van der Waals surface area contributed by atoms with Crippen molar-refractivity contribution in [2.75, 3.05) is 7.05 Å². The minimum absolute atomic E-state index is 0.116. The van der Waals surface area contributed by atoms with Gasteiger partial charge in [-0.05, 0) is 48.8 Å². The van der Waals surface area contributed by atoms with Crippen LogP contribution < -0.4 is 16.0 Å². The van der Waals surface area contributed by atoms with Crippen LogP contribution in [0.1, 0.15) is 73.0 Å². The smallest absolute Gasteiger partial charge is 0.407 e. The molecule has 3 atom stereocenters. The Kier molecular flexibility index (Phi) is 14.8. The number of benzene rings is 2. The molecule has 10 nitrogen and oxygen atoms in total. The van der Waals surface area contributed by atoms with Crippen LogP contribution in [-0.4, -0.2) is 58.1 Å². The minimum Gasteiger partial charge on any atom is -0.445 e. The zero-order valence-corrected chi connectivity index (χ0v) is 30.5. The van der Waals surface area contributed by atoms with Gasteiger partial charge >= 0.3 is 12.1 Å². The minimum atomic E-state index is -0.739. The second-order valence-corrected chi connectivity index (χ2v) is 14.4. The first-order chi connectivity index (χ1) is 24.1. The SMILES string of the molecule is CC(C)c1ncc(CN(C)C(=O)N[C@H](C(=O)N[C@H](CC[C@H](Cc2ccccc2)NC(=O)OCc2cccnc2)Cc2ccccc2)C(C)C)s1. The molecule has 0 bridgehead atoms. The zero-order chi connectivity index (χ0) is 35.9. The molecule has 0 spiro atoms. The van der Waals surface area contributed by atoms with Crippen molar-refractivity contribution in [3.05, 3.63) is 118 Å². The van der Waals surface area contributed by atoms with E-state index in [1.807, 2.05) is 86.8 Å². The highest BCUT2D eigenvalue weighted by Crippen LogP contribution is 2.22. The van der Waals surface area contributed by atoms with Gasteiger partial charge in [0.25, 0.3) is 0 Å². The molecule has 0 fully saturated rings. The Hall–Kier alpha value is -4.77. The summed E-state index contributed by atoms with van der Waals surface area (Å²) >= 11 is 1.59. The number of carbonyl (C=O) groups is 3. The summed E-state index contributed by atoms with van der Waals surface area (Å²) in [5.41, 5.74) is 2.96. The van der Waals surface area contributed by atoms with Crippen LogP contribution in [-0.2, 0) is 35.5 Å². The second kappa shape index (κ2) is 19.4. The standard InChI is InChI=1S/C39H50N6O4S/c1-27(2)35(44-38(47)45(5)25-34-24-41-37(50-34)28(3)4)36(46)42-32(21-29-13-8-6-9-14-29)18-19-33(22-30-15-10-7-11-16-30)43-39(48)49-26-31-17-12-20-40-23-31/h6-17,20,23-24,27-28,32-33,35H,18-19,21-22,25-26H2,1-5H3,(H,42,46)(H,43,48)(H,44,47)/t32-,33-,35+/m1/s1. The highest BCUT2D eigenvalue weighted by molar-refractivity contribution is 7.11. The molecule has 0 aliphatic rings. The number of nitrogens with one attached hydrogen (secondary N) is 3. The molecule has 4 rings (SSSR count). The number of thiazole rings is 1. The van der Waals surface area contributed by atoms with E-state index >= 15 is 0 Å². The van der Waals surface area contributed by atoms with Gasteiger partial charge in [-0.15, -0.1) is 11.3 Å². The molecule has 0 unspecified atom stereocenters. The molecule has 3 N–H and O–H groups in total. The Balaban J connectivity index is 1.43. The monoisotopic (exact) mass is 698 g/mol. The first-order valence-electron chi connectivity index (χ1n) is 17.2. The molecule has 4 amide bonds. The fourth-order valence-corrected chi connectivity index (χ4v) is 6.50. The van der Waals surface area contributed by atoms with Crippen LogP contribution in [0.25, 0.3) is 0 Å². The molecule has 11 heteroatoms. The molecule has 50 heavy (non-hydrogen) atoms. The lowest BCUT2D eigenvalue weighted by molar-refractivity contribution is -0.124. The van der Waals surface area contributed by atoms with E-state index in [1.165, 1.54) is 0 Å². The quantitative estimate of drug-likeness (QED) is 0.111. The summed E-state index contributed by atoms with van der Waals surface area (Å²) in [6.07, 6.45) is 7.01. The third kappa shape index (κ3) is 12.6. The summed E-state index contributed by atoms with van der Waals surface area (Å²) < 4.78 is 5.52. The fraction of sp³-hybridized carbons (Fsp3) is 0.410. The Morgan fingerprint density at radius 3 is 1.92 bits per heavy atom. The molecule has 0 aliphatic heterocycles. The van der Waals surface area contributed by atoms with E-state index in [0.717, 1.165) is 26.6 Å². The number of alkyl carbamates (subject to hydrolysis) is 1. The molecule has 2 heterocycles. The number of aromatic nitrogens is 2. The first-order valence-corrected chi connectivity index (χ1v) is 18.1. The van der Waals surface area contributed by atoms with Crippen LogP contribution in [0.5, 0.6) is 0 Å². The van der Waals surface area contributed by atoms with Crippen molar-refractivity contribution in [1.82, 2.24) is 30.8 Å². The van der Waals surface area contributed by atoms with Gasteiger partial charge in [-0.2, -0.15) is 0 Å². The maximum Gasteiger partial charge on any atom is 0.407 e. The molecule has 2 aromatic carbocycles. The van der Waals surface area contributed by atoms with E-state index in [1.54, 1.807) is 41.7 Å². The summed E-state index contributed by atoms with van der Waals surface area (Å²) in [6, 6.07) is 22.1. The van der Waals surface area contributed by atoms with Gasteiger partial charge in [-0.25, -0.2) is 14.6 Å². The van der Waals surface area contributed by atoms with E-state index in [-0.39, 0.29) is 36.5 Å². The summed E-state index contributed by atoms with van der Waals surface area (Å²) in [6.45, 7) is 8.55. The van der Waals surface area contributed by atoms with E-state index in [4.69, 9.17) is 4.74 Å². The van der Waals surface area contributed by atoms with Crippen molar-refractivity contribution in [1.29, 1.82) is 0 Å². The molecular formula is C39H50N6O4S.